The third kappa shape index (κ3) is 8.75. The highest BCUT2D eigenvalue weighted by molar-refractivity contribution is 6.38. The molecule has 0 bridgehead atoms. The lowest BCUT2D eigenvalue weighted by Crippen LogP contribution is -2.21. The number of aromatic carboxylic acids is 1. The number of fused-ring (bicyclic) bond motifs is 1. The number of carbonyl (C=O) groups is 4. The summed E-state index contributed by atoms with van der Waals surface area (Å²) in [6.07, 6.45) is 8.25. The summed E-state index contributed by atoms with van der Waals surface area (Å²) in [5.74, 6) is -1.79. The summed E-state index contributed by atoms with van der Waals surface area (Å²) in [6, 6.07) is 39.8. The van der Waals surface area contributed by atoms with Crippen LogP contribution in [-0.4, -0.2) is 79.2 Å². The van der Waals surface area contributed by atoms with Crippen molar-refractivity contribution in [2.24, 2.45) is 10.2 Å². The number of nitrogens with zero attached hydrogens (tertiary/aromatic N) is 9. The van der Waals surface area contributed by atoms with E-state index in [1.165, 1.54) is 61.0 Å². The average molecular weight is 928 g/mol. The number of para-hydroxylation sites is 1. The fourth-order valence-corrected chi connectivity index (χ4v) is 7.85. The Balaban J connectivity index is 0.892. The van der Waals surface area contributed by atoms with E-state index in [1.807, 2.05) is 60.7 Å². The zero-order chi connectivity index (χ0) is 48.3. The van der Waals surface area contributed by atoms with Crippen molar-refractivity contribution >= 4 is 69.7 Å². The summed E-state index contributed by atoms with van der Waals surface area (Å²) in [4.78, 5) is 66.5. The van der Waals surface area contributed by atoms with E-state index >= 15 is 0 Å². The lowest BCUT2D eigenvalue weighted by Gasteiger charge is -2.12. The van der Waals surface area contributed by atoms with Crippen molar-refractivity contribution in [1.29, 1.82) is 0 Å². The van der Waals surface area contributed by atoms with Gasteiger partial charge < -0.3 is 19.3 Å². The minimum Gasteiger partial charge on any atom is -0.493 e. The Morgan fingerprint density at radius 2 is 1.37 bits per heavy atom. The molecule has 17 nitrogen and oxygen atoms in total. The Morgan fingerprint density at radius 1 is 0.686 bits per heavy atom. The number of ether oxygens (including phenoxy) is 3. The number of carbonyl (C=O) groups excluding carboxylic acids is 3. The number of carboxylic acids is 1. The van der Waals surface area contributed by atoms with Crippen LogP contribution in [0.15, 0.2) is 180 Å². The molecular formula is C53H37N9O8. The molecule has 17 heteroatoms. The summed E-state index contributed by atoms with van der Waals surface area (Å²) in [5.41, 5.74) is 7.03. The first-order chi connectivity index (χ1) is 34.1. The average Bonchev–Trinajstić information content (AvgIpc) is 4.13. The molecular weight excluding hydrogens is 891 g/mol. The van der Waals surface area contributed by atoms with E-state index in [1.54, 1.807) is 77.7 Å². The number of hydrogen-bond acceptors (Lipinski definition) is 13. The van der Waals surface area contributed by atoms with Gasteiger partial charge in [-0.05, 0) is 108 Å². The highest BCUT2D eigenvalue weighted by Gasteiger charge is 2.34. The van der Waals surface area contributed by atoms with E-state index in [2.05, 4.69) is 25.2 Å². The minimum atomic E-state index is -1.11. The van der Waals surface area contributed by atoms with Crippen LogP contribution in [0.4, 0.5) is 11.4 Å². The SMILES string of the molecule is COc1ccc(C2=NN(c3ccc(C(=O)O)cc3)C(=O)/C2=C\c2cccc3nc(OC(=O)c4ccc(N5N=C(Cc6ccccc6)/C(=C/c6ccc(-n7cncn7)cc6)C5=O)cc4)cnc23)cc1OC. The van der Waals surface area contributed by atoms with Gasteiger partial charge in [-0.3, -0.25) is 9.59 Å². The van der Waals surface area contributed by atoms with Crippen LogP contribution >= 0.6 is 0 Å². The molecule has 2 amide bonds. The van der Waals surface area contributed by atoms with Crippen LogP contribution in [0.3, 0.4) is 0 Å². The van der Waals surface area contributed by atoms with Gasteiger partial charge in [-0.1, -0.05) is 54.6 Å². The van der Waals surface area contributed by atoms with Crippen molar-refractivity contribution in [3.05, 3.63) is 203 Å². The quantitative estimate of drug-likeness (QED) is 0.0863. The second-order valence-electron chi connectivity index (χ2n) is 15.7. The van der Waals surface area contributed by atoms with Gasteiger partial charge in [0.2, 0.25) is 5.88 Å². The van der Waals surface area contributed by atoms with Gasteiger partial charge in [0.25, 0.3) is 11.8 Å². The second kappa shape index (κ2) is 18.8. The topological polar surface area (TPSA) is 204 Å². The lowest BCUT2D eigenvalue weighted by atomic mass is 9.99. The molecule has 8 aromatic rings. The zero-order valence-corrected chi connectivity index (χ0v) is 37.2. The van der Waals surface area contributed by atoms with Crippen molar-refractivity contribution in [2.45, 2.75) is 6.42 Å². The van der Waals surface area contributed by atoms with Gasteiger partial charge in [-0.2, -0.15) is 25.3 Å². The highest BCUT2D eigenvalue weighted by Crippen LogP contribution is 2.34. The normalized spacial score (nSPS) is 14.6. The molecule has 0 fully saturated rings. The number of benzene rings is 6. The van der Waals surface area contributed by atoms with Gasteiger partial charge >= 0.3 is 11.9 Å². The van der Waals surface area contributed by atoms with Crippen molar-refractivity contribution in [3.63, 3.8) is 0 Å². The van der Waals surface area contributed by atoms with E-state index in [0.717, 1.165) is 16.8 Å². The van der Waals surface area contributed by atoms with E-state index in [-0.39, 0.29) is 28.5 Å². The predicted molar refractivity (Wildman–Crippen MR) is 260 cm³/mol. The number of aromatic nitrogens is 5. The first-order valence-electron chi connectivity index (χ1n) is 21.6. The van der Waals surface area contributed by atoms with Crippen LogP contribution in [0, 0.1) is 0 Å². The van der Waals surface area contributed by atoms with Crippen molar-refractivity contribution in [1.82, 2.24) is 24.7 Å². The summed E-state index contributed by atoms with van der Waals surface area (Å²) in [7, 11) is 3.02. The smallest absolute Gasteiger partial charge is 0.344 e. The third-order valence-corrected chi connectivity index (χ3v) is 11.4. The number of carboxylic acid groups (broad SMARTS) is 1. The maximum absolute atomic E-state index is 14.2. The molecule has 2 aliphatic heterocycles. The molecule has 10 rings (SSSR count). The van der Waals surface area contributed by atoms with Gasteiger partial charge in [0.1, 0.15) is 18.4 Å². The standard InChI is InChI=1S/C53H37N9O8/c1-68-45-24-17-37(28-46(45)69-2)48-42(51(64)62(59-48)40-20-13-34(14-21-40)52(65)66)27-36-9-6-10-43-49(36)55-29-47(57-43)70-53(67)35-15-22-39(23-16-35)61-50(63)41(44(58-61)26-32-7-4-3-5-8-32)25-33-11-18-38(19-12-33)60-31-54-30-56-60/h3-25,27-31H,26H2,1-2H3,(H,65,66)/b41-25-,42-27-. The number of rotatable bonds is 13. The van der Waals surface area contributed by atoms with Crippen molar-refractivity contribution < 1.29 is 38.5 Å². The molecule has 4 heterocycles. The molecule has 0 saturated heterocycles. The number of methoxy groups -OCH3 is 2. The number of esters is 1. The second-order valence-corrected chi connectivity index (χ2v) is 15.7. The number of hydrazone groups is 2. The largest absolute Gasteiger partial charge is 0.493 e. The number of hydrogen-bond donors (Lipinski definition) is 1. The van der Waals surface area contributed by atoms with E-state index in [9.17, 15) is 24.3 Å². The molecule has 2 aromatic heterocycles. The molecule has 0 saturated carbocycles. The summed E-state index contributed by atoms with van der Waals surface area (Å²) < 4.78 is 18.3. The maximum atomic E-state index is 14.2. The van der Waals surface area contributed by atoms with Gasteiger partial charge in [-0.25, -0.2) is 29.2 Å². The Morgan fingerprint density at radius 3 is 2.06 bits per heavy atom. The molecule has 342 valence electrons. The Labute approximate surface area is 398 Å². The minimum absolute atomic E-state index is 0.0541. The Kier molecular flexibility index (Phi) is 11.8. The van der Waals surface area contributed by atoms with Crippen LogP contribution < -0.4 is 24.2 Å². The summed E-state index contributed by atoms with van der Waals surface area (Å²) in [6.45, 7) is 0. The highest BCUT2D eigenvalue weighted by atomic mass is 16.5. The van der Waals surface area contributed by atoms with Crippen LogP contribution in [0.1, 0.15) is 43.0 Å². The zero-order valence-electron chi connectivity index (χ0n) is 37.2. The first-order valence-corrected chi connectivity index (χ1v) is 21.6. The van der Waals surface area contributed by atoms with Crippen LogP contribution in [0.2, 0.25) is 0 Å². The third-order valence-electron chi connectivity index (χ3n) is 11.4. The molecule has 0 spiro atoms. The molecule has 0 atom stereocenters. The van der Waals surface area contributed by atoms with E-state index in [0.29, 0.717) is 68.5 Å². The number of amides is 2. The molecule has 2 aliphatic rings. The monoisotopic (exact) mass is 927 g/mol. The Hall–Kier alpha value is -9.90. The molecule has 70 heavy (non-hydrogen) atoms. The molecule has 1 N–H and O–H groups in total. The first kappa shape index (κ1) is 44.0. The van der Waals surface area contributed by atoms with Crippen LogP contribution in [-0.2, 0) is 16.0 Å². The molecule has 6 aromatic carbocycles. The van der Waals surface area contributed by atoms with Crippen LogP contribution in [0.5, 0.6) is 17.4 Å². The van der Waals surface area contributed by atoms with Crippen molar-refractivity contribution in [3.8, 4) is 23.1 Å². The van der Waals surface area contributed by atoms with E-state index in [4.69, 9.17) is 19.3 Å². The molecule has 0 radical (unpaired) electrons. The number of anilines is 2. The fraction of sp³-hybridized carbons (Fsp3) is 0.0566. The van der Waals surface area contributed by atoms with Crippen LogP contribution in [0.25, 0.3) is 28.9 Å². The van der Waals surface area contributed by atoms with Gasteiger partial charge in [0.05, 0.1) is 76.5 Å². The Bertz CT molecular complexity index is 3480. The van der Waals surface area contributed by atoms with Gasteiger partial charge in [0, 0.05) is 17.5 Å². The summed E-state index contributed by atoms with van der Waals surface area (Å²) >= 11 is 0. The summed E-state index contributed by atoms with van der Waals surface area (Å²) in [5, 5.41) is 25.6. The molecule has 0 aliphatic carbocycles. The van der Waals surface area contributed by atoms with Gasteiger partial charge in [-0.15, -0.1) is 0 Å². The molecule has 0 unspecified atom stereocenters. The fourth-order valence-electron chi connectivity index (χ4n) is 7.85. The predicted octanol–water partition coefficient (Wildman–Crippen LogP) is 8.01. The van der Waals surface area contributed by atoms with E-state index < -0.39 is 17.8 Å². The van der Waals surface area contributed by atoms with Gasteiger partial charge in [0.15, 0.2) is 11.5 Å². The lowest BCUT2D eigenvalue weighted by molar-refractivity contribution is -0.115. The van der Waals surface area contributed by atoms with Crippen molar-refractivity contribution in [2.75, 3.05) is 24.2 Å². The maximum Gasteiger partial charge on any atom is 0.344 e.